The summed E-state index contributed by atoms with van der Waals surface area (Å²) in [5, 5.41) is 13.0. The van der Waals surface area contributed by atoms with Crippen LogP contribution < -0.4 is 5.32 Å². The van der Waals surface area contributed by atoms with Crippen LogP contribution in [0.2, 0.25) is 0 Å². The van der Waals surface area contributed by atoms with E-state index in [1.54, 1.807) is 18.6 Å². The van der Waals surface area contributed by atoms with E-state index in [4.69, 9.17) is 0 Å². The van der Waals surface area contributed by atoms with Gasteiger partial charge in [-0.1, -0.05) is 0 Å². The predicted molar refractivity (Wildman–Crippen MR) is 61.8 cm³/mol. The van der Waals surface area contributed by atoms with E-state index in [9.17, 15) is 5.11 Å². The van der Waals surface area contributed by atoms with Gasteiger partial charge >= 0.3 is 0 Å². The van der Waals surface area contributed by atoms with Crippen LogP contribution in [0.4, 0.5) is 0 Å². The Morgan fingerprint density at radius 1 is 1.56 bits per heavy atom. The Kier molecular flexibility index (Phi) is 3.21. The van der Waals surface area contributed by atoms with Crippen molar-refractivity contribution in [2.24, 2.45) is 5.92 Å². The zero-order valence-electron chi connectivity index (χ0n) is 9.85. The Labute approximate surface area is 96.1 Å². The molecule has 1 aliphatic carbocycles. The highest BCUT2D eigenvalue weighted by atomic mass is 16.3. The predicted octanol–water partition coefficient (Wildman–Crippen LogP) is 1.29. The first-order valence-electron chi connectivity index (χ1n) is 5.80. The van der Waals surface area contributed by atoms with Crippen molar-refractivity contribution in [1.82, 2.24) is 15.3 Å². The first-order chi connectivity index (χ1) is 7.65. The molecular weight excluding hydrogens is 202 g/mol. The molecule has 1 heterocycles. The van der Waals surface area contributed by atoms with Crippen molar-refractivity contribution in [3.63, 3.8) is 0 Å². The molecule has 2 unspecified atom stereocenters. The monoisotopic (exact) mass is 221 g/mol. The molecule has 1 fully saturated rings. The first-order valence-corrected chi connectivity index (χ1v) is 5.80. The highest BCUT2D eigenvalue weighted by molar-refractivity contribution is 5.06. The van der Waals surface area contributed by atoms with Crippen molar-refractivity contribution in [1.29, 1.82) is 0 Å². The zero-order chi connectivity index (χ0) is 11.6. The highest BCUT2D eigenvalue weighted by Gasteiger charge is 2.41. The summed E-state index contributed by atoms with van der Waals surface area (Å²) in [5.41, 5.74) is 0.736. The van der Waals surface area contributed by atoms with Crippen molar-refractivity contribution < 1.29 is 5.11 Å². The van der Waals surface area contributed by atoms with Crippen molar-refractivity contribution in [2.45, 2.75) is 38.3 Å². The number of aromatic nitrogens is 2. The van der Waals surface area contributed by atoms with Crippen LogP contribution in [-0.4, -0.2) is 27.2 Å². The standard InChI is InChI=1S/C12H19N3O/c1-9(11-7-13-5-6-14-11)15-12(2,8-16)10-3-4-10/h5-7,9-10,15-16H,3-4,8H2,1-2H3. The molecule has 0 aliphatic heterocycles. The average Bonchev–Trinajstić information content (AvgIpc) is 3.14. The maximum absolute atomic E-state index is 9.49. The molecule has 1 saturated carbocycles. The van der Waals surface area contributed by atoms with Gasteiger partial charge in [-0.25, -0.2) is 0 Å². The van der Waals surface area contributed by atoms with Crippen molar-refractivity contribution in [2.75, 3.05) is 6.61 Å². The largest absolute Gasteiger partial charge is 0.394 e. The number of hydrogen-bond donors (Lipinski definition) is 2. The highest BCUT2D eigenvalue weighted by Crippen LogP contribution is 2.40. The molecule has 4 nitrogen and oxygen atoms in total. The third-order valence-electron chi connectivity index (χ3n) is 3.38. The Hall–Kier alpha value is -1.00. The normalized spacial score (nSPS) is 21.4. The summed E-state index contributed by atoms with van der Waals surface area (Å²) in [4.78, 5) is 8.33. The summed E-state index contributed by atoms with van der Waals surface area (Å²) in [6, 6.07) is 0.117. The lowest BCUT2D eigenvalue weighted by Gasteiger charge is -2.32. The molecule has 1 aromatic rings. The van der Waals surface area contributed by atoms with E-state index in [2.05, 4.69) is 29.1 Å². The SMILES string of the molecule is CC(NC(C)(CO)C1CC1)c1cnccn1. The minimum absolute atomic E-state index is 0.117. The molecule has 2 rings (SSSR count). The maximum atomic E-state index is 9.49. The fraction of sp³-hybridized carbons (Fsp3) is 0.667. The lowest BCUT2D eigenvalue weighted by atomic mass is 9.95. The number of nitrogens with one attached hydrogen (secondary N) is 1. The van der Waals surface area contributed by atoms with Crippen LogP contribution in [0.25, 0.3) is 0 Å². The summed E-state index contributed by atoms with van der Waals surface area (Å²) in [6.07, 6.45) is 7.54. The average molecular weight is 221 g/mol. The maximum Gasteiger partial charge on any atom is 0.0753 e. The van der Waals surface area contributed by atoms with Gasteiger partial charge in [0.05, 0.1) is 12.3 Å². The Morgan fingerprint density at radius 2 is 2.31 bits per heavy atom. The molecule has 0 saturated heterocycles. The lowest BCUT2D eigenvalue weighted by molar-refractivity contribution is 0.143. The number of rotatable bonds is 5. The van der Waals surface area contributed by atoms with Gasteiger partial charge in [0.15, 0.2) is 0 Å². The summed E-state index contributed by atoms with van der Waals surface area (Å²) in [6.45, 7) is 4.31. The van der Waals surface area contributed by atoms with Gasteiger partial charge in [0.25, 0.3) is 0 Å². The third-order valence-corrected chi connectivity index (χ3v) is 3.38. The van der Waals surface area contributed by atoms with Crippen molar-refractivity contribution in [3.8, 4) is 0 Å². The number of hydrogen-bond acceptors (Lipinski definition) is 4. The molecule has 2 atom stereocenters. The van der Waals surface area contributed by atoms with E-state index < -0.39 is 0 Å². The van der Waals surface area contributed by atoms with Gasteiger partial charge in [0.1, 0.15) is 0 Å². The minimum atomic E-state index is -0.184. The second-order valence-corrected chi connectivity index (χ2v) is 4.85. The van der Waals surface area contributed by atoms with Gasteiger partial charge in [-0.05, 0) is 32.6 Å². The number of aliphatic hydroxyl groups excluding tert-OH is 1. The van der Waals surface area contributed by atoms with E-state index in [1.807, 2.05) is 0 Å². The number of nitrogens with zero attached hydrogens (tertiary/aromatic N) is 2. The smallest absolute Gasteiger partial charge is 0.0753 e. The van der Waals surface area contributed by atoms with E-state index in [1.165, 1.54) is 12.8 Å². The Balaban J connectivity index is 2.03. The molecule has 16 heavy (non-hydrogen) atoms. The summed E-state index contributed by atoms with van der Waals surface area (Å²) < 4.78 is 0. The van der Waals surface area contributed by atoms with Gasteiger partial charge < -0.3 is 10.4 Å². The molecule has 2 N–H and O–H groups in total. The number of aliphatic hydroxyl groups is 1. The van der Waals surface area contributed by atoms with Crippen LogP contribution in [0.1, 0.15) is 38.4 Å². The van der Waals surface area contributed by atoms with Gasteiger partial charge in [-0.15, -0.1) is 0 Å². The van der Waals surface area contributed by atoms with Crippen molar-refractivity contribution >= 4 is 0 Å². The summed E-state index contributed by atoms with van der Waals surface area (Å²) in [7, 11) is 0. The molecule has 0 amide bonds. The van der Waals surface area contributed by atoms with Crippen LogP contribution in [0.15, 0.2) is 18.6 Å². The van der Waals surface area contributed by atoms with Gasteiger partial charge in [-0.3, -0.25) is 9.97 Å². The molecule has 0 spiro atoms. The topological polar surface area (TPSA) is 58.0 Å². The molecule has 1 aromatic heterocycles. The fourth-order valence-corrected chi connectivity index (χ4v) is 2.12. The van der Waals surface area contributed by atoms with Crippen LogP contribution in [0, 0.1) is 5.92 Å². The van der Waals surface area contributed by atoms with E-state index in [0.717, 1.165) is 5.69 Å². The lowest BCUT2D eigenvalue weighted by Crippen LogP contribution is -2.49. The molecule has 0 aromatic carbocycles. The van der Waals surface area contributed by atoms with Crippen molar-refractivity contribution in [3.05, 3.63) is 24.3 Å². The molecule has 0 radical (unpaired) electrons. The fourth-order valence-electron chi connectivity index (χ4n) is 2.12. The molecule has 88 valence electrons. The quantitative estimate of drug-likeness (QED) is 0.786. The molecule has 4 heteroatoms. The van der Waals surface area contributed by atoms with Gasteiger partial charge in [0.2, 0.25) is 0 Å². The third kappa shape index (κ3) is 2.39. The molecular formula is C12H19N3O. The van der Waals surface area contributed by atoms with Gasteiger partial charge in [0, 0.05) is 30.2 Å². The second kappa shape index (κ2) is 4.47. The van der Waals surface area contributed by atoms with Crippen LogP contribution in [0.5, 0.6) is 0 Å². The second-order valence-electron chi connectivity index (χ2n) is 4.85. The Morgan fingerprint density at radius 3 is 2.81 bits per heavy atom. The molecule has 1 aliphatic rings. The first kappa shape index (κ1) is 11.5. The van der Waals surface area contributed by atoms with Crippen LogP contribution in [-0.2, 0) is 0 Å². The van der Waals surface area contributed by atoms with Crippen LogP contribution >= 0.6 is 0 Å². The van der Waals surface area contributed by atoms with E-state index >= 15 is 0 Å². The van der Waals surface area contributed by atoms with E-state index in [-0.39, 0.29) is 18.2 Å². The van der Waals surface area contributed by atoms with Gasteiger partial charge in [-0.2, -0.15) is 0 Å². The van der Waals surface area contributed by atoms with E-state index in [0.29, 0.717) is 5.92 Å². The Bertz CT molecular complexity index is 339. The summed E-state index contributed by atoms with van der Waals surface area (Å²) in [5.74, 6) is 0.594. The van der Waals surface area contributed by atoms with Crippen LogP contribution in [0.3, 0.4) is 0 Å². The molecule has 0 bridgehead atoms. The zero-order valence-corrected chi connectivity index (χ0v) is 9.85. The minimum Gasteiger partial charge on any atom is -0.394 e. The summed E-state index contributed by atoms with van der Waals surface area (Å²) >= 11 is 0.